The monoisotopic (exact) mass is 261 g/mol. The van der Waals surface area contributed by atoms with Crippen molar-refractivity contribution in [2.24, 2.45) is 0 Å². The summed E-state index contributed by atoms with van der Waals surface area (Å²) in [6.07, 6.45) is 3.97. The van der Waals surface area contributed by atoms with Crippen LogP contribution in [0.15, 0.2) is 24.3 Å². The number of hydrogen-bond acceptors (Lipinski definition) is 3. The van der Waals surface area contributed by atoms with E-state index in [0.29, 0.717) is 12.1 Å². The van der Waals surface area contributed by atoms with Crippen molar-refractivity contribution < 1.29 is 9.47 Å². The Morgan fingerprint density at radius 1 is 1.26 bits per heavy atom. The van der Waals surface area contributed by atoms with Crippen LogP contribution in [0.2, 0.25) is 0 Å². The molecule has 1 fully saturated rings. The fourth-order valence-electron chi connectivity index (χ4n) is 3.07. The lowest BCUT2D eigenvalue weighted by Gasteiger charge is -2.28. The maximum Gasteiger partial charge on any atom is 0.0952 e. The third kappa shape index (κ3) is 2.99. The minimum absolute atomic E-state index is 0.189. The van der Waals surface area contributed by atoms with E-state index in [1.165, 1.54) is 24.0 Å². The molecule has 1 aromatic rings. The largest absolute Gasteiger partial charge is 0.377 e. The predicted molar refractivity (Wildman–Crippen MR) is 75.3 cm³/mol. The van der Waals surface area contributed by atoms with Crippen LogP contribution in [0.1, 0.15) is 37.0 Å². The topological polar surface area (TPSA) is 30.5 Å². The number of hydrogen-bond donors (Lipinski definition) is 1. The van der Waals surface area contributed by atoms with Crippen LogP contribution in [0.5, 0.6) is 0 Å². The third-order valence-corrected chi connectivity index (χ3v) is 4.24. The van der Waals surface area contributed by atoms with Crippen molar-refractivity contribution in [3.8, 4) is 0 Å². The lowest BCUT2D eigenvalue weighted by atomic mass is 9.97. The molecule has 2 heterocycles. The van der Waals surface area contributed by atoms with E-state index >= 15 is 0 Å². The van der Waals surface area contributed by atoms with Crippen molar-refractivity contribution in [2.75, 3.05) is 19.8 Å². The minimum Gasteiger partial charge on any atom is -0.377 e. The van der Waals surface area contributed by atoms with Crippen molar-refractivity contribution >= 4 is 0 Å². The van der Waals surface area contributed by atoms with Crippen molar-refractivity contribution in [3.05, 3.63) is 35.4 Å². The molecule has 3 rings (SSSR count). The van der Waals surface area contributed by atoms with Crippen LogP contribution < -0.4 is 5.32 Å². The molecule has 0 saturated carbocycles. The molecule has 2 aliphatic rings. The standard InChI is InChI=1S/C16H23NO2/c1-12(15-7-4-9-18-15)17-11-16-14-6-3-2-5-13(14)8-10-19-16/h2-3,5-6,12,15-17H,4,7-11H2,1H3. The van der Waals surface area contributed by atoms with Gasteiger partial charge in [-0.2, -0.15) is 0 Å². The Balaban J connectivity index is 1.58. The smallest absolute Gasteiger partial charge is 0.0952 e. The van der Waals surface area contributed by atoms with Gasteiger partial charge in [-0.15, -0.1) is 0 Å². The maximum atomic E-state index is 5.91. The average Bonchev–Trinajstić information content (AvgIpc) is 2.99. The van der Waals surface area contributed by atoms with Gasteiger partial charge in [0.25, 0.3) is 0 Å². The van der Waals surface area contributed by atoms with Gasteiger partial charge in [0.15, 0.2) is 0 Å². The van der Waals surface area contributed by atoms with Gasteiger partial charge in [-0.05, 0) is 37.3 Å². The molecule has 0 spiro atoms. The second-order valence-corrected chi connectivity index (χ2v) is 5.56. The van der Waals surface area contributed by atoms with Crippen LogP contribution in [-0.4, -0.2) is 31.9 Å². The second-order valence-electron chi connectivity index (χ2n) is 5.56. The molecular formula is C16H23NO2. The van der Waals surface area contributed by atoms with E-state index in [-0.39, 0.29) is 6.10 Å². The average molecular weight is 261 g/mol. The van der Waals surface area contributed by atoms with Gasteiger partial charge in [-0.1, -0.05) is 24.3 Å². The van der Waals surface area contributed by atoms with Crippen LogP contribution in [0.4, 0.5) is 0 Å². The Kier molecular flexibility index (Phi) is 4.16. The normalized spacial score (nSPS) is 28.1. The molecular weight excluding hydrogens is 238 g/mol. The summed E-state index contributed by atoms with van der Waals surface area (Å²) in [5.74, 6) is 0. The van der Waals surface area contributed by atoms with E-state index in [4.69, 9.17) is 9.47 Å². The van der Waals surface area contributed by atoms with Crippen LogP contribution in [-0.2, 0) is 15.9 Å². The molecule has 0 aromatic heterocycles. The Morgan fingerprint density at radius 2 is 2.16 bits per heavy atom. The molecule has 1 aromatic carbocycles. The summed E-state index contributed by atoms with van der Waals surface area (Å²) >= 11 is 0. The lowest BCUT2D eigenvalue weighted by molar-refractivity contribution is 0.0318. The van der Waals surface area contributed by atoms with Gasteiger partial charge in [0, 0.05) is 19.2 Å². The van der Waals surface area contributed by atoms with Crippen molar-refractivity contribution in [2.45, 2.75) is 44.4 Å². The number of benzene rings is 1. The van der Waals surface area contributed by atoms with Crippen molar-refractivity contribution in [1.82, 2.24) is 5.32 Å². The number of nitrogens with one attached hydrogen (secondary N) is 1. The summed E-state index contributed by atoms with van der Waals surface area (Å²) in [5, 5.41) is 3.59. The predicted octanol–water partition coefficient (Wildman–Crippen LogP) is 2.46. The van der Waals surface area contributed by atoms with Crippen LogP contribution in [0, 0.1) is 0 Å². The molecule has 3 heteroatoms. The van der Waals surface area contributed by atoms with E-state index in [1.807, 2.05) is 0 Å². The first-order valence-corrected chi connectivity index (χ1v) is 7.39. The highest BCUT2D eigenvalue weighted by molar-refractivity contribution is 5.31. The molecule has 104 valence electrons. The molecule has 2 aliphatic heterocycles. The molecule has 0 amide bonds. The van der Waals surface area contributed by atoms with Gasteiger partial charge in [-0.25, -0.2) is 0 Å². The number of fused-ring (bicyclic) bond motifs is 1. The van der Waals surface area contributed by atoms with Gasteiger partial charge in [0.2, 0.25) is 0 Å². The van der Waals surface area contributed by atoms with E-state index in [9.17, 15) is 0 Å². The molecule has 0 radical (unpaired) electrons. The Labute approximate surface area is 115 Å². The Morgan fingerprint density at radius 3 is 3.00 bits per heavy atom. The first-order valence-electron chi connectivity index (χ1n) is 7.39. The highest BCUT2D eigenvalue weighted by atomic mass is 16.5. The fourth-order valence-corrected chi connectivity index (χ4v) is 3.07. The highest BCUT2D eigenvalue weighted by Crippen LogP contribution is 2.26. The Hall–Kier alpha value is -0.900. The van der Waals surface area contributed by atoms with Gasteiger partial charge in [0.05, 0.1) is 18.8 Å². The molecule has 1 N–H and O–H groups in total. The molecule has 19 heavy (non-hydrogen) atoms. The zero-order chi connectivity index (χ0) is 13.1. The second kappa shape index (κ2) is 6.04. The fraction of sp³-hybridized carbons (Fsp3) is 0.625. The van der Waals surface area contributed by atoms with E-state index in [1.54, 1.807) is 0 Å². The summed E-state index contributed by atoms with van der Waals surface area (Å²) in [7, 11) is 0. The van der Waals surface area contributed by atoms with Crippen LogP contribution >= 0.6 is 0 Å². The van der Waals surface area contributed by atoms with E-state index < -0.39 is 0 Å². The van der Waals surface area contributed by atoms with Gasteiger partial charge >= 0.3 is 0 Å². The zero-order valence-electron chi connectivity index (χ0n) is 11.6. The summed E-state index contributed by atoms with van der Waals surface area (Å²) in [6.45, 7) is 4.83. The van der Waals surface area contributed by atoms with Crippen LogP contribution in [0.3, 0.4) is 0 Å². The number of ether oxygens (including phenoxy) is 2. The van der Waals surface area contributed by atoms with Gasteiger partial charge in [0.1, 0.15) is 0 Å². The van der Waals surface area contributed by atoms with Crippen LogP contribution in [0.25, 0.3) is 0 Å². The summed E-state index contributed by atoms with van der Waals surface area (Å²) < 4.78 is 11.6. The van der Waals surface area contributed by atoms with E-state index in [0.717, 1.165) is 26.2 Å². The van der Waals surface area contributed by atoms with Crippen molar-refractivity contribution in [1.29, 1.82) is 0 Å². The van der Waals surface area contributed by atoms with E-state index in [2.05, 4.69) is 36.5 Å². The minimum atomic E-state index is 0.189. The quantitative estimate of drug-likeness (QED) is 0.903. The number of rotatable bonds is 4. The van der Waals surface area contributed by atoms with Gasteiger partial charge < -0.3 is 14.8 Å². The highest BCUT2D eigenvalue weighted by Gasteiger charge is 2.25. The molecule has 3 unspecified atom stereocenters. The molecule has 0 aliphatic carbocycles. The summed E-state index contributed by atoms with van der Waals surface area (Å²) in [4.78, 5) is 0. The van der Waals surface area contributed by atoms with Crippen molar-refractivity contribution in [3.63, 3.8) is 0 Å². The summed E-state index contributed by atoms with van der Waals surface area (Å²) in [5.41, 5.74) is 2.78. The SMILES string of the molecule is CC(NCC1OCCc2ccccc21)C1CCCO1. The zero-order valence-corrected chi connectivity index (χ0v) is 11.6. The maximum absolute atomic E-state index is 5.91. The molecule has 3 atom stereocenters. The molecule has 1 saturated heterocycles. The van der Waals surface area contributed by atoms with Gasteiger partial charge in [-0.3, -0.25) is 0 Å². The molecule has 0 bridgehead atoms. The lowest BCUT2D eigenvalue weighted by Crippen LogP contribution is -2.40. The molecule has 3 nitrogen and oxygen atoms in total. The first kappa shape index (κ1) is 13.1. The summed E-state index contributed by atoms with van der Waals surface area (Å²) in [6, 6.07) is 9.03. The Bertz CT molecular complexity index is 415. The first-order chi connectivity index (χ1) is 9.34. The third-order valence-electron chi connectivity index (χ3n) is 4.24.